The second-order valence-electron chi connectivity index (χ2n) is 4.04. The number of hydrogen-bond acceptors (Lipinski definition) is 6. The number of likely N-dealkylation sites (N-methyl/N-ethyl adjacent to an activating group) is 1. The van der Waals surface area contributed by atoms with Crippen molar-refractivity contribution in [1.29, 1.82) is 0 Å². The zero-order chi connectivity index (χ0) is 14.9. The summed E-state index contributed by atoms with van der Waals surface area (Å²) in [5.74, 6) is -2.82. The van der Waals surface area contributed by atoms with Crippen LogP contribution in [0, 0.1) is 0 Å². The molecule has 2 heterocycles. The molecule has 108 valence electrons. The van der Waals surface area contributed by atoms with Crippen molar-refractivity contribution in [2.24, 2.45) is 0 Å². The topological polar surface area (TPSA) is 112 Å². The van der Waals surface area contributed by atoms with Gasteiger partial charge in [-0.1, -0.05) is 0 Å². The summed E-state index contributed by atoms with van der Waals surface area (Å²) >= 11 is 0. The van der Waals surface area contributed by atoms with Crippen LogP contribution in [-0.4, -0.2) is 62.3 Å². The van der Waals surface area contributed by atoms with Gasteiger partial charge in [0.25, 0.3) is 0 Å². The molecule has 0 unspecified atom stereocenters. The van der Waals surface area contributed by atoms with Crippen LogP contribution in [0.1, 0.15) is 6.92 Å². The van der Waals surface area contributed by atoms with Crippen molar-refractivity contribution < 1.29 is 29.4 Å². The van der Waals surface area contributed by atoms with Crippen LogP contribution in [0.2, 0.25) is 0 Å². The Morgan fingerprint density at radius 1 is 1.20 bits per heavy atom. The van der Waals surface area contributed by atoms with Crippen LogP contribution in [-0.2, 0) is 9.59 Å². The Labute approximate surface area is 113 Å². The number of carbonyl (C=O) groups is 3. The van der Waals surface area contributed by atoms with E-state index in [1.165, 1.54) is 4.90 Å². The van der Waals surface area contributed by atoms with Crippen molar-refractivity contribution in [3.8, 4) is 11.8 Å². The summed E-state index contributed by atoms with van der Waals surface area (Å²) in [6.07, 6.45) is -1.15. The smallest absolute Gasteiger partial charge is 0.442 e. The Balaban J connectivity index is 2.11. The van der Waals surface area contributed by atoms with Crippen molar-refractivity contribution in [1.82, 2.24) is 14.5 Å². The largest absolute Gasteiger partial charge is 0.492 e. The van der Waals surface area contributed by atoms with Gasteiger partial charge in [0.2, 0.25) is 11.8 Å². The summed E-state index contributed by atoms with van der Waals surface area (Å²) in [4.78, 5) is 41.7. The molecular weight excluding hydrogens is 270 g/mol. The van der Waals surface area contributed by atoms with Crippen LogP contribution >= 0.6 is 0 Å². The standard InChI is InChI=1S/C11H13N3O6/c1-2-12-5-6-13(10(18)9(12)17)11(19)20-14-7(15)3-4-8(14)16/h3-4,15-16H,2,5-6H2,1H3. The van der Waals surface area contributed by atoms with E-state index in [-0.39, 0.29) is 13.1 Å². The van der Waals surface area contributed by atoms with Gasteiger partial charge >= 0.3 is 17.9 Å². The number of piperazine rings is 1. The maximum atomic E-state index is 11.8. The predicted octanol–water partition coefficient (Wildman–Crippen LogP) is -0.861. The second kappa shape index (κ2) is 5.11. The molecule has 0 saturated carbocycles. The van der Waals surface area contributed by atoms with E-state index in [4.69, 9.17) is 0 Å². The minimum absolute atomic E-state index is 0.0139. The highest BCUT2D eigenvalue weighted by Gasteiger charge is 2.37. The van der Waals surface area contributed by atoms with Gasteiger partial charge in [-0.3, -0.25) is 9.59 Å². The summed E-state index contributed by atoms with van der Waals surface area (Å²) < 4.78 is 0.451. The van der Waals surface area contributed by atoms with E-state index >= 15 is 0 Å². The zero-order valence-electron chi connectivity index (χ0n) is 10.6. The van der Waals surface area contributed by atoms with Crippen molar-refractivity contribution in [3.63, 3.8) is 0 Å². The molecule has 0 radical (unpaired) electrons. The molecule has 20 heavy (non-hydrogen) atoms. The minimum Gasteiger partial charge on any atom is -0.492 e. The molecule has 1 aromatic heterocycles. The number of aromatic nitrogens is 1. The van der Waals surface area contributed by atoms with Gasteiger partial charge in [0.15, 0.2) is 0 Å². The molecule has 1 saturated heterocycles. The highest BCUT2D eigenvalue weighted by molar-refractivity contribution is 6.37. The first-order valence-electron chi connectivity index (χ1n) is 5.88. The molecule has 0 spiro atoms. The second-order valence-corrected chi connectivity index (χ2v) is 4.04. The number of rotatable bonds is 2. The Morgan fingerprint density at radius 3 is 2.35 bits per heavy atom. The predicted molar refractivity (Wildman–Crippen MR) is 63.7 cm³/mol. The lowest BCUT2D eigenvalue weighted by Gasteiger charge is -2.30. The quantitative estimate of drug-likeness (QED) is 0.683. The van der Waals surface area contributed by atoms with Gasteiger partial charge in [-0.25, -0.2) is 9.69 Å². The number of aromatic hydroxyl groups is 2. The van der Waals surface area contributed by atoms with Crippen molar-refractivity contribution in [2.75, 3.05) is 19.6 Å². The van der Waals surface area contributed by atoms with Gasteiger partial charge in [0, 0.05) is 25.2 Å². The van der Waals surface area contributed by atoms with E-state index in [1.807, 2.05) is 0 Å². The number of imide groups is 1. The summed E-state index contributed by atoms with van der Waals surface area (Å²) in [6.45, 7) is 2.28. The number of nitrogens with zero attached hydrogens (tertiary/aromatic N) is 3. The molecule has 1 fully saturated rings. The normalized spacial score (nSPS) is 15.7. The average molecular weight is 283 g/mol. The number of amides is 3. The Kier molecular flexibility index (Phi) is 3.51. The SMILES string of the molecule is CCN1CCN(C(=O)On2c(O)ccc2O)C(=O)C1=O. The van der Waals surface area contributed by atoms with Gasteiger partial charge in [-0.2, -0.15) is 0 Å². The maximum absolute atomic E-state index is 11.8. The van der Waals surface area contributed by atoms with Crippen molar-refractivity contribution in [3.05, 3.63) is 12.1 Å². The molecule has 1 aromatic rings. The van der Waals surface area contributed by atoms with E-state index in [0.29, 0.717) is 16.2 Å². The number of hydrogen-bond donors (Lipinski definition) is 2. The van der Waals surface area contributed by atoms with Gasteiger partial charge in [0.05, 0.1) is 6.54 Å². The number of carbonyl (C=O) groups excluding carboxylic acids is 3. The fourth-order valence-corrected chi connectivity index (χ4v) is 1.77. The van der Waals surface area contributed by atoms with E-state index in [9.17, 15) is 24.6 Å². The lowest BCUT2D eigenvalue weighted by atomic mass is 10.3. The summed E-state index contributed by atoms with van der Waals surface area (Å²) in [6, 6.07) is 2.20. The Morgan fingerprint density at radius 2 is 1.80 bits per heavy atom. The molecule has 0 bridgehead atoms. The molecule has 2 N–H and O–H groups in total. The zero-order valence-corrected chi connectivity index (χ0v) is 10.6. The highest BCUT2D eigenvalue weighted by atomic mass is 16.7. The van der Waals surface area contributed by atoms with Crippen LogP contribution in [0.4, 0.5) is 4.79 Å². The summed E-state index contributed by atoms with van der Waals surface area (Å²) in [5.41, 5.74) is 0. The average Bonchev–Trinajstić information content (AvgIpc) is 2.73. The van der Waals surface area contributed by atoms with Crippen molar-refractivity contribution in [2.45, 2.75) is 6.92 Å². The fraction of sp³-hybridized carbons (Fsp3) is 0.364. The molecule has 0 aliphatic carbocycles. The third-order valence-corrected chi connectivity index (χ3v) is 2.88. The molecule has 9 nitrogen and oxygen atoms in total. The van der Waals surface area contributed by atoms with Crippen LogP contribution in [0.15, 0.2) is 12.1 Å². The van der Waals surface area contributed by atoms with Crippen LogP contribution in [0.5, 0.6) is 11.8 Å². The molecule has 3 amide bonds. The lowest BCUT2D eigenvalue weighted by molar-refractivity contribution is -0.154. The van der Waals surface area contributed by atoms with E-state index < -0.39 is 29.7 Å². The van der Waals surface area contributed by atoms with E-state index in [0.717, 1.165) is 12.1 Å². The summed E-state index contributed by atoms with van der Waals surface area (Å²) in [5, 5.41) is 18.6. The minimum atomic E-state index is -1.15. The van der Waals surface area contributed by atoms with E-state index in [1.54, 1.807) is 6.92 Å². The lowest BCUT2D eigenvalue weighted by Crippen LogP contribution is -2.57. The Hall–Kier alpha value is -2.71. The fourth-order valence-electron chi connectivity index (χ4n) is 1.77. The highest BCUT2D eigenvalue weighted by Crippen LogP contribution is 2.19. The monoisotopic (exact) mass is 283 g/mol. The summed E-state index contributed by atoms with van der Waals surface area (Å²) in [7, 11) is 0. The third kappa shape index (κ3) is 2.25. The maximum Gasteiger partial charge on any atom is 0.442 e. The van der Waals surface area contributed by atoms with Crippen LogP contribution in [0.3, 0.4) is 0 Å². The molecule has 1 aliphatic rings. The molecule has 1 aliphatic heterocycles. The van der Waals surface area contributed by atoms with Gasteiger partial charge in [-0.05, 0) is 6.92 Å². The molecule has 2 rings (SSSR count). The van der Waals surface area contributed by atoms with Crippen molar-refractivity contribution >= 4 is 17.9 Å². The van der Waals surface area contributed by atoms with Crippen LogP contribution < -0.4 is 4.84 Å². The molecule has 9 heteroatoms. The molecule has 0 atom stereocenters. The van der Waals surface area contributed by atoms with Gasteiger partial charge in [-0.15, -0.1) is 4.73 Å². The molecular formula is C11H13N3O6. The third-order valence-electron chi connectivity index (χ3n) is 2.88. The first-order chi connectivity index (χ1) is 9.45. The van der Waals surface area contributed by atoms with Gasteiger partial charge < -0.3 is 20.0 Å². The van der Waals surface area contributed by atoms with Gasteiger partial charge in [0.1, 0.15) is 0 Å². The molecule has 0 aromatic carbocycles. The Bertz CT molecular complexity index is 547. The first kappa shape index (κ1) is 13.7. The van der Waals surface area contributed by atoms with E-state index in [2.05, 4.69) is 4.84 Å². The first-order valence-corrected chi connectivity index (χ1v) is 5.88. The van der Waals surface area contributed by atoms with Crippen LogP contribution in [0.25, 0.3) is 0 Å².